The van der Waals surface area contributed by atoms with Crippen LogP contribution in [0.1, 0.15) is 25.8 Å². The van der Waals surface area contributed by atoms with Crippen molar-refractivity contribution in [3.05, 3.63) is 18.0 Å². The van der Waals surface area contributed by atoms with E-state index in [1.54, 1.807) is 22.6 Å². The first-order valence-corrected chi connectivity index (χ1v) is 9.48. The highest BCUT2D eigenvalue weighted by molar-refractivity contribution is 7.99. The van der Waals surface area contributed by atoms with Crippen LogP contribution in [0.25, 0.3) is 0 Å². The maximum atomic E-state index is 12.5. The molecule has 1 unspecified atom stereocenters. The number of hydrogen-bond acceptors (Lipinski definition) is 5. The fourth-order valence-corrected chi connectivity index (χ4v) is 3.52. The summed E-state index contributed by atoms with van der Waals surface area (Å²) in [6, 6.07) is -0.729. The SMILES string of the molecule is CC(C)CC(NC(=O)[C@@H]1CSCCN1)C(=O)NCc1cnn(C)c1. The summed E-state index contributed by atoms with van der Waals surface area (Å²) in [6.45, 7) is 5.32. The van der Waals surface area contributed by atoms with Gasteiger partial charge in [-0.3, -0.25) is 14.3 Å². The molecule has 1 aliphatic rings. The number of amides is 2. The van der Waals surface area contributed by atoms with Crippen molar-refractivity contribution in [2.45, 2.75) is 38.9 Å². The predicted octanol–water partition coefficient (Wildman–Crippen LogP) is 0.272. The number of thioether (sulfide) groups is 1. The number of aryl methyl sites for hydroxylation is 1. The molecule has 2 heterocycles. The number of carbonyl (C=O) groups excluding carboxylic acids is 2. The van der Waals surface area contributed by atoms with Gasteiger partial charge >= 0.3 is 0 Å². The molecule has 1 fully saturated rings. The molecule has 0 aliphatic carbocycles. The van der Waals surface area contributed by atoms with Crippen LogP contribution in [0.5, 0.6) is 0 Å². The third kappa shape index (κ3) is 5.83. The Morgan fingerprint density at radius 2 is 2.29 bits per heavy atom. The van der Waals surface area contributed by atoms with E-state index in [0.717, 1.165) is 23.6 Å². The summed E-state index contributed by atoms with van der Waals surface area (Å²) in [5.41, 5.74) is 0.936. The number of nitrogens with one attached hydrogen (secondary N) is 3. The number of hydrogen-bond donors (Lipinski definition) is 3. The molecule has 1 saturated heterocycles. The second kappa shape index (κ2) is 9.08. The monoisotopic (exact) mass is 353 g/mol. The Labute approximate surface area is 147 Å². The lowest BCUT2D eigenvalue weighted by Gasteiger charge is -2.26. The molecule has 3 N–H and O–H groups in total. The minimum absolute atomic E-state index is 0.0932. The fourth-order valence-electron chi connectivity index (χ4n) is 2.58. The predicted molar refractivity (Wildman–Crippen MR) is 95.6 cm³/mol. The first-order valence-electron chi connectivity index (χ1n) is 8.32. The quantitative estimate of drug-likeness (QED) is 0.655. The van der Waals surface area contributed by atoms with E-state index in [1.807, 2.05) is 27.1 Å². The number of aromatic nitrogens is 2. The molecule has 0 radical (unpaired) electrons. The first-order chi connectivity index (χ1) is 11.5. The highest BCUT2D eigenvalue weighted by atomic mass is 32.2. The van der Waals surface area contributed by atoms with Crippen molar-refractivity contribution >= 4 is 23.6 Å². The third-order valence-electron chi connectivity index (χ3n) is 3.80. The van der Waals surface area contributed by atoms with Crippen molar-refractivity contribution in [2.24, 2.45) is 13.0 Å². The molecule has 0 bridgehead atoms. The van der Waals surface area contributed by atoms with Gasteiger partial charge in [0.15, 0.2) is 0 Å². The zero-order chi connectivity index (χ0) is 17.5. The Morgan fingerprint density at radius 1 is 1.50 bits per heavy atom. The molecule has 134 valence electrons. The molecule has 1 aromatic rings. The molecule has 2 atom stereocenters. The zero-order valence-electron chi connectivity index (χ0n) is 14.5. The van der Waals surface area contributed by atoms with Crippen molar-refractivity contribution < 1.29 is 9.59 Å². The minimum Gasteiger partial charge on any atom is -0.350 e. The van der Waals surface area contributed by atoms with E-state index in [9.17, 15) is 9.59 Å². The molecule has 8 heteroatoms. The van der Waals surface area contributed by atoms with E-state index in [0.29, 0.717) is 18.9 Å². The molecule has 0 aromatic carbocycles. The second-order valence-electron chi connectivity index (χ2n) is 6.51. The van der Waals surface area contributed by atoms with Crippen LogP contribution < -0.4 is 16.0 Å². The van der Waals surface area contributed by atoms with Crippen LogP contribution in [0.3, 0.4) is 0 Å². The van der Waals surface area contributed by atoms with Crippen molar-refractivity contribution in [3.8, 4) is 0 Å². The van der Waals surface area contributed by atoms with Gasteiger partial charge < -0.3 is 16.0 Å². The summed E-state index contributed by atoms with van der Waals surface area (Å²) in [5.74, 6) is 1.84. The van der Waals surface area contributed by atoms with Gasteiger partial charge in [-0.15, -0.1) is 0 Å². The normalized spacial score (nSPS) is 19.1. The molecule has 1 aromatic heterocycles. The Hall–Kier alpha value is -1.54. The summed E-state index contributed by atoms with van der Waals surface area (Å²) >= 11 is 1.76. The van der Waals surface area contributed by atoms with Gasteiger partial charge in [0.25, 0.3) is 0 Å². The lowest BCUT2D eigenvalue weighted by molar-refractivity contribution is -0.130. The maximum absolute atomic E-state index is 12.5. The molecular formula is C16H27N5O2S. The van der Waals surface area contributed by atoms with E-state index in [-0.39, 0.29) is 17.9 Å². The van der Waals surface area contributed by atoms with Gasteiger partial charge in [0.1, 0.15) is 6.04 Å². The van der Waals surface area contributed by atoms with Crippen LogP contribution in [0, 0.1) is 5.92 Å². The second-order valence-corrected chi connectivity index (χ2v) is 7.66. The van der Waals surface area contributed by atoms with Gasteiger partial charge in [0.05, 0.1) is 12.2 Å². The van der Waals surface area contributed by atoms with Crippen LogP contribution in [0.2, 0.25) is 0 Å². The standard InChI is InChI=1S/C16H27N5O2S/c1-11(2)6-13(20-16(23)14-10-24-5-4-17-14)15(22)18-7-12-8-19-21(3)9-12/h8-9,11,13-14,17H,4-7,10H2,1-3H3,(H,18,22)(H,20,23)/t13?,14-/m0/s1. The molecular weight excluding hydrogens is 326 g/mol. The van der Waals surface area contributed by atoms with E-state index >= 15 is 0 Å². The maximum Gasteiger partial charge on any atom is 0.242 e. The fraction of sp³-hybridized carbons (Fsp3) is 0.688. The number of nitrogens with zero attached hydrogens (tertiary/aromatic N) is 2. The van der Waals surface area contributed by atoms with Gasteiger partial charge in [-0.05, 0) is 12.3 Å². The summed E-state index contributed by atoms with van der Waals surface area (Å²) in [7, 11) is 1.84. The van der Waals surface area contributed by atoms with Crippen molar-refractivity contribution in [3.63, 3.8) is 0 Å². The van der Waals surface area contributed by atoms with Crippen LogP contribution >= 0.6 is 11.8 Å². The van der Waals surface area contributed by atoms with Gasteiger partial charge in [-0.25, -0.2) is 0 Å². The van der Waals surface area contributed by atoms with E-state index in [2.05, 4.69) is 21.0 Å². The third-order valence-corrected chi connectivity index (χ3v) is 4.87. The number of carbonyl (C=O) groups is 2. The topological polar surface area (TPSA) is 88.1 Å². The summed E-state index contributed by atoms with van der Waals surface area (Å²) in [6.07, 6.45) is 4.20. The Balaban J connectivity index is 1.90. The van der Waals surface area contributed by atoms with E-state index in [4.69, 9.17) is 0 Å². The average Bonchev–Trinajstić information content (AvgIpc) is 2.97. The molecule has 2 rings (SSSR count). The molecule has 7 nitrogen and oxygen atoms in total. The zero-order valence-corrected chi connectivity index (χ0v) is 15.4. The van der Waals surface area contributed by atoms with Crippen LogP contribution in [0.4, 0.5) is 0 Å². The lowest BCUT2D eigenvalue weighted by atomic mass is 10.0. The van der Waals surface area contributed by atoms with Gasteiger partial charge in [-0.1, -0.05) is 13.8 Å². The molecule has 1 aliphatic heterocycles. The van der Waals surface area contributed by atoms with Gasteiger partial charge in [0.2, 0.25) is 11.8 Å². The molecule has 24 heavy (non-hydrogen) atoms. The van der Waals surface area contributed by atoms with Crippen molar-refractivity contribution in [2.75, 3.05) is 18.1 Å². The molecule has 0 spiro atoms. The van der Waals surface area contributed by atoms with Crippen LogP contribution in [0.15, 0.2) is 12.4 Å². The minimum atomic E-state index is -0.511. The first kappa shape index (κ1) is 18.8. The Bertz CT molecular complexity index is 554. The summed E-state index contributed by atoms with van der Waals surface area (Å²) < 4.78 is 1.70. The van der Waals surface area contributed by atoms with E-state index in [1.165, 1.54) is 0 Å². The summed E-state index contributed by atoms with van der Waals surface area (Å²) in [4.78, 5) is 24.9. The molecule has 0 saturated carbocycles. The largest absolute Gasteiger partial charge is 0.350 e. The van der Waals surface area contributed by atoms with Crippen molar-refractivity contribution in [1.29, 1.82) is 0 Å². The molecule has 2 amide bonds. The van der Waals surface area contributed by atoms with E-state index < -0.39 is 6.04 Å². The van der Waals surface area contributed by atoms with Crippen LogP contribution in [-0.2, 0) is 23.2 Å². The van der Waals surface area contributed by atoms with Gasteiger partial charge in [0, 0.05) is 43.4 Å². The van der Waals surface area contributed by atoms with Crippen molar-refractivity contribution in [1.82, 2.24) is 25.7 Å². The summed E-state index contributed by atoms with van der Waals surface area (Å²) in [5, 5.41) is 13.1. The van der Waals surface area contributed by atoms with Gasteiger partial charge in [-0.2, -0.15) is 16.9 Å². The average molecular weight is 353 g/mol. The number of rotatable bonds is 7. The van der Waals surface area contributed by atoms with Crippen LogP contribution in [-0.4, -0.2) is 51.7 Å². The highest BCUT2D eigenvalue weighted by Crippen LogP contribution is 2.10. The smallest absolute Gasteiger partial charge is 0.242 e. The Kier molecular flexibility index (Phi) is 7.11. The Morgan fingerprint density at radius 3 is 2.88 bits per heavy atom. The highest BCUT2D eigenvalue weighted by Gasteiger charge is 2.27. The lowest BCUT2D eigenvalue weighted by Crippen LogP contribution is -2.55.